The van der Waals surface area contributed by atoms with Crippen LogP contribution >= 0.6 is 15.9 Å². The molecule has 0 bridgehead atoms. The number of carbonyl (C=O) groups excluding carboxylic acids is 1. The Morgan fingerprint density at radius 3 is 2.77 bits per heavy atom. The smallest absolute Gasteiger partial charge is 0.416 e. The highest BCUT2D eigenvalue weighted by Gasteiger charge is 2.31. The van der Waals surface area contributed by atoms with Crippen LogP contribution in [0.15, 0.2) is 53.5 Å². The lowest BCUT2D eigenvalue weighted by molar-refractivity contribution is -0.137. The first-order chi connectivity index (χ1) is 12.3. The van der Waals surface area contributed by atoms with E-state index < -0.39 is 11.7 Å². The molecule has 0 N–H and O–H groups in total. The van der Waals surface area contributed by atoms with E-state index in [-0.39, 0.29) is 12.5 Å². The van der Waals surface area contributed by atoms with E-state index in [4.69, 9.17) is 4.74 Å². The molecule has 0 atom stereocenters. The molecule has 0 saturated carbocycles. The molecule has 3 nitrogen and oxygen atoms in total. The summed E-state index contributed by atoms with van der Waals surface area (Å²) in [7, 11) is 0. The zero-order chi connectivity index (χ0) is 18.9. The minimum Gasteiger partial charge on any atom is -0.489 e. The molecular formula is C19H15BrF3NO2. The van der Waals surface area contributed by atoms with E-state index in [0.717, 1.165) is 23.4 Å². The average molecular weight is 426 g/mol. The maximum atomic E-state index is 12.9. The Morgan fingerprint density at radius 1 is 1.31 bits per heavy atom. The van der Waals surface area contributed by atoms with E-state index >= 15 is 0 Å². The highest BCUT2D eigenvalue weighted by atomic mass is 79.9. The number of amides is 1. The van der Waals surface area contributed by atoms with Crippen LogP contribution in [0.1, 0.15) is 16.7 Å². The van der Waals surface area contributed by atoms with E-state index in [1.165, 1.54) is 6.08 Å². The van der Waals surface area contributed by atoms with Crippen molar-refractivity contribution >= 4 is 27.5 Å². The van der Waals surface area contributed by atoms with Gasteiger partial charge in [-0.3, -0.25) is 4.79 Å². The Labute approximate surface area is 157 Å². The second-order valence-corrected chi connectivity index (χ2v) is 6.75. The van der Waals surface area contributed by atoms with Gasteiger partial charge in [0.1, 0.15) is 12.4 Å². The number of fused-ring (bicyclic) bond motifs is 1. The van der Waals surface area contributed by atoms with E-state index in [1.807, 2.05) is 6.07 Å². The summed E-state index contributed by atoms with van der Waals surface area (Å²) >= 11 is 3.10. The van der Waals surface area contributed by atoms with Gasteiger partial charge in [0.2, 0.25) is 5.91 Å². The molecule has 7 heteroatoms. The summed E-state index contributed by atoms with van der Waals surface area (Å²) < 4.78 is 44.9. The van der Waals surface area contributed by atoms with Crippen LogP contribution in [0.2, 0.25) is 0 Å². The van der Waals surface area contributed by atoms with E-state index in [9.17, 15) is 18.0 Å². The Kier molecular flexibility index (Phi) is 5.09. The molecule has 1 aliphatic heterocycles. The van der Waals surface area contributed by atoms with Crippen molar-refractivity contribution in [3.05, 3.63) is 70.2 Å². The van der Waals surface area contributed by atoms with Gasteiger partial charge in [-0.1, -0.05) is 28.6 Å². The molecule has 0 aliphatic carbocycles. The lowest BCUT2D eigenvalue weighted by Gasteiger charge is -2.16. The van der Waals surface area contributed by atoms with Gasteiger partial charge in [-0.25, -0.2) is 0 Å². The van der Waals surface area contributed by atoms with Crippen LogP contribution in [0.25, 0.3) is 0 Å². The number of alkyl halides is 3. The third kappa shape index (κ3) is 3.77. The van der Waals surface area contributed by atoms with Crippen molar-refractivity contribution in [1.29, 1.82) is 0 Å². The van der Waals surface area contributed by atoms with Gasteiger partial charge >= 0.3 is 6.18 Å². The number of hydrogen-bond donors (Lipinski definition) is 0. The molecule has 26 heavy (non-hydrogen) atoms. The zero-order valence-electron chi connectivity index (χ0n) is 13.6. The molecule has 0 aromatic heterocycles. The molecule has 0 radical (unpaired) electrons. The van der Waals surface area contributed by atoms with E-state index in [0.29, 0.717) is 28.8 Å². The van der Waals surface area contributed by atoms with Gasteiger partial charge < -0.3 is 9.64 Å². The molecule has 0 saturated heterocycles. The molecule has 0 fully saturated rings. The first-order valence-corrected chi connectivity index (χ1v) is 8.64. The van der Waals surface area contributed by atoms with Crippen molar-refractivity contribution in [2.45, 2.75) is 19.2 Å². The molecular weight excluding hydrogens is 411 g/mol. The maximum absolute atomic E-state index is 12.9. The second kappa shape index (κ2) is 7.15. The summed E-state index contributed by atoms with van der Waals surface area (Å²) in [4.78, 5) is 13.5. The van der Waals surface area contributed by atoms with Crippen LogP contribution in [-0.2, 0) is 24.0 Å². The lowest BCUT2D eigenvalue weighted by atomic mass is 10.1. The molecule has 2 aromatic carbocycles. The Morgan fingerprint density at radius 2 is 2.08 bits per heavy atom. The normalized spacial score (nSPS) is 13.5. The molecule has 0 spiro atoms. The summed E-state index contributed by atoms with van der Waals surface area (Å²) in [5.41, 5.74) is 1.29. The quantitative estimate of drug-likeness (QED) is 0.636. The fourth-order valence-corrected chi connectivity index (χ4v) is 3.48. The van der Waals surface area contributed by atoms with Gasteiger partial charge in [-0.2, -0.15) is 13.2 Å². The maximum Gasteiger partial charge on any atom is 0.416 e. The molecule has 1 aliphatic rings. The lowest BCUT2D eigenvalue weighted by Crippen LogP contribution is -2.26. The average Bonchev–Trinajstić information content (AvgIpc) is 3.02. The fourth-order valence-electron chi connectivity index (χ4n) is 2.94. The van der Waals surface area contributed by atoms with Crippen LogP contribution in [0.3, 0.4) is 0 Å². The van der Waals surface area contributed by atoms with Gasteiger partial charge in [0.05, 0.1) is 11.3 Å². The Balaban J connectivity index is 1.82. The molecule has 3 rings (SSSR count). The highest BCUT2D eigenvalue weighted by molar-refractivity contribution is 9.10. The number of rotatable bonds is 4. The number of halogens is 4. The molecule has 2 aromatic rings. The topological polar surface area (TPSA) is 29.5 Å². The minimum absolute atomic E-state index is 0.00558. The van der Waals surface area contributed by atoms with Crippen LogP contribution in [0.4, 0.5) is 18.9 Å². The summed E-state index contributed by atoms with van der Waals surface area (Å²) in [5, 5.41) is 0. The summed E-state index contributed by atoms with van der Waals surface area (Å²) in [6, 6.07) is 9.02. The number of nitrogens with zero attached hydrogens (tertiary/aromatic N) is 1. The number of hydrogen-bond acceptors (Lipinski definition) is 2. The summed E-state index contributed by atoms with van der Waals surface area (Å²) in [5.74, 6) is 0.373. The predicted octanol–water partition coefficient (Wildman–Crippen LogP) is 5.12. The largest absolute Gasteiger partial charge is 0.489 e. The van der Waals surface area contributed by atoms with Crippen LogP contribution in [-0.4, -0.2) is 12.5 Å². The van der Waals surface area contributed by atoms with Crippen molar-refractivity contribution in [2.24, 2.45) is 0 Å². The van der Waals surface area contributed by atoms with Crippen molar-refractivity contribution in [3.8, 4) is 5.75 Å². The zero-order valence-corrected chi connectivity index (χ0v) is 15.2. The second-order valence-electron chi connectivity index (χ2n) is 5.83. The number of carbonyl (C=O) groups is 1. The Bertz CT molecular complexity index is 864. The minimum atomic E-state index is -4.42. The van der Waals surface area contributed by atoms with Gasteiger partial charge in [-0.15, -0.1) is 0 Å². The Hall–Kier alpha value is -2.28. The summed E-state index contributed by atoms with van der Waals surface area (Å²) in [6.45, 7) is 4.01. The number of anilines is 1. The van der Waals surface area contributed by atoms with Crippen LogP contribution in [0.5, 0.6) is 5.75 Å². The van der Waals surface area contributed by atoms with Crippen molar-refractivity contribution in [1.82, 2.24) is 0 Å². The molecule has 1 amide bonds. The number of benzene rings is 2. The SMILES string of the molecule is C=CC(=O)N1CCc2c(OCc3cc(Br)cc(C(F)(F)F)c3)cccc21. The first kappa shape index (κ1) is 18.5. The monoisotopic (exact) mass is 425 g/mol. The van der Waals surface area contributed by atoms with Crippen LogP contribution < -0.4 is 9.64 Å². The third-order valence-electron chi connectivity index (χ3n) is 4.10. The summed E-state index contributed by atoms with van der Waals surface area (Å²) in [6.07, 6.45) is -2.54. The standard InChI is InChI=1S/C19H15BrF3NO2/c1-2-18(25)24-7-6-15-16(24)4-3-5-17(15)26-11-12-8-13(19(21,22)23)10-14(20)9-12/h2-5,8-10H,1,6-7,11H2. The molecule has 1 heterocycles. The van der Waals surface area contributed by atoms with Gasteiger partial charge in [0, 0.05) is 16.6 Å². The van der Waals surface area contributed by atoms with Crippen LogP contribution in [0, 0.1) is 0 Å². The van der Waals surface area contributed by atoms with E-state index in [2.05, 4.69) is 22.5 Å². The van der Waals surface area contributed by atoms with Crippen molar-refractivity contribution < 1.29 is 22.7 Å². The van der Waals surface area contributed by atoms with Crippen molar-refractivity contribution in [2.75, 3.05) is 11.4 Å². The third-order valence-corrected chi connectivity index (χ3v) is 4.56. The van der Waals surface area contributed by atoms with E-state index in [1.54, 1.807) is 23.1 Å². The van der Waals surface area contributed by atoms with Gasteiger partial charge in [0.15, 0.2) is 0 Å². The van der Waals surface area contributed by atoms with Gasteiger partial charge in [-0.05, 0) is 48.4 Å². The predicted molar refractivity (Wildman–Crippen MR) is 96.2 cm³/mol. The fraction of sp³-hybridized carbons (Fsp3) is 0.211. The molecule has 136 valence electrons. The van der Waals surface area contributed by atoms with Gasteiger partial charge in [0.25, 0.3) is 0 Å². The number of ether oxygens (including phenoxy) is 1. The highest BCUT2D eigenvalue weighted by Crippen LogP contribution is 2.36. The van der Waals surface area contributed by atoms with Crippen molar-refractivity contribution in [3.63, 3.8) is 0 Å². The molecule has 0 unspecified atom stereocenters. The first-order valence-electron chi connectivity index (χ1n) is 7.85.